The number of nitrogens with one attached hydrogen (secondary N) is 2. The Morgan fingerprint density at radius 1 is 1.31 bits per heavy atom. The third-order valence-electron chi connectivity index (χ3n) is 5.21. The molecule has 0 radical (unpaired) electrons. The van der Waals surface area contributed by atoms with Gasteiger partial charge in [0.05, 0.1) is 18.3 Å². The molecule has 2 heterocycles. The lowest BCUT2D eigenvalue weighted by molar-refractivity contribution is -0.130. The molecule has 1 aliphatic rings. The molecule has 0 spiro atoms. The largest absolute Gasteiger partial charge is 0.368 e. The monoisotopic (exact) mass is 391 g/mol. The summed E-state index contributed by atoms with van der Waals surface area (Å²) in [5, 5.41) is 15.8. The van der Waals surface area contributed by atoms with Gasteiger partial charge < -0.3 is 15.5 Å². The highest BCUT2D eigenvalue weighted by Gasteiger charge is 2.29. The molecule has 1 amide bonds. The van der Waals surface area contributed by atoms with Gasteiger partial charge in [-0.2, -0.15) is 5.26 Å². The second-order valence-electron chi connectivity index (χ2n) is 8.24. The summed E-state index contributed by atoms with van der Waals surface area (Å²) in [5.41, 5.74) is 2.92. The van der Waals surface area contributed by atoms with Crippen LogP contribution in [0, 0.1) is 18.3 Å². The lowest BCUT2D eigenvalue weighted by atomic mass is 10.1. The number of aromatic nitrogens is 1. The number of carbonyl (C=O) groups is 1. The highest BCUT2D eigenvalue weighted by Crippen LogP contribution is 2.20. The van der Waals surface area contributed by atoms with Crippen molar-refractivity contribution in [3.05, 3.63) is 48.0 Å². The second kappa shape index (κ2) is 9.06. The second-order valence-corrected chi connectivity index (χ2v) is 8.24. The Morgan fingerprint density at radius 3 is 2.86 bits per heavy atom. The molecule has 6 nitrogen and oxygen atoms in total. The normalized spacial score (nSPS) is 16.5. The van der Waals surface area contributed by atoms with Crippen LogP contribution in [0.5, 0.6) is 0 Å². The SMILES string of the molecule is Cc1cccc(-c2cccc(NCC(C)(C)NCC(=O)N3CCC[C@H]3C#N)n2)c1. The van der Waals surface area contributed by atoms with Gasteiger partial charge in [0.2, 0.25) is 5.91 Å². The number of carbonyl (C=O) groups excluding carboxylic acids is 1. The number of pyridine rings is 1. The summed E-state index contributed by atoms with van der Waals surface area (Å²) in [6.07, 6.45) is 1.67. The van der Waals surface area contributed by atoms with E-state index in [2.05, 4.69) is 41.8 Å². The van der Waals surface area contributed by atoms with Crippen LogP contribution in [0.25, 0.3) is 11.3 Å². The zero-order valence-electron chi connectivity index (χ0n) is 17.4. The van der Waals surface area contributed by atoms with Gasteiger partial charge in [-0.25, -0.2) is 4.98 Å². The summed E-state index contributed by atoms with van der Waals surface area (Å²) in [5.74, 6) is 0.788. The van der Waals surface area contributed by atoms with Gasteiger partial charge in [0.1, 0.15) is 11.9 Å². The minimum Gasteiger partial charge on any atom is -0.368 e. The Bertz CT molecular complexity index is 902. The van der Waals surface area contributed by atoms with E-state index in [1.165, 1.54) is 5.56 Å². The smallest absolute Gasteiger partial charge is 0.237 e. The average molecular weight is 392 g/mol. The number of hydrogen-bond donors (Lipinski definition) is 2. The number of aryl methyl sites for hydroxylation is 1. The molecule has 1 aromatic carbocycles. The first-order valence-corrected chi connectivity index (χ1v) is 10.1. The molecule has 1 saturated heterocycles. The number of nitrogens with zero attached hydrogens (tertiary/aromatic N) is 3. The van der Waals surface area contributed by atoms with Crippen molar-refractivity contribution in [2.45, 2.75) is 45.2 Å². The van der Waals surface area contributed by atoms with E-state index in [-0.39, 0.29) is 24.0 Å². The maximum Gasteiger partial charge on any atom is 0.237 e. The van der Waals surface area contributed by atoms with Gasteiger partial charge in [0, 0.05) is 24.2 Å². The Balaban J connectivity index is 1.55. The number of nitriles is 1. The third-order valence-corrected chi connectivity index (χ3v) is 5.21. The maximum absolute atomic E-state index is 12.4. The Hall–Kier alpha value is -2.91. The van der Waals surface area contributed by atoms with Crippen molar-refractivity contribution in [2.24, 2.45) is 0 Å². The molecule has 1 fully saturated rings. The molecule has 1 aliphatic heterocycles. The van der Waals surface area contributed by atoms with Gasteiger partial charge in [-0.3, -0.25) is 4.79 Å². The van der Waals surface area contributed by atoms with E-state index < -0.39 is 0 Å². The lowest BCUT2D eigenvalue weighted by Crippen LogP contribution is -2.50. The van der Waals surface area contributed by atoms with Crippen molar-refractivity contribution in [2.75, 3.05) is 25.0 Å². The summed E-state index contributed by atoms with van der Waals surface area (Å²) in [4.78, 5) is 18.8. The predicted molar refractivity (Wildman–Crippen MR) is 115 cm³/mol. The number of likely N-dealkylation sites (tertiary alicyclic amines) is 1. The Labute approximate surface area is 172 Å². The molecule has 2 aromatic rings. The summed E-state index contributed by atoms with van der Waals surface area (Å²) >= 11 is 0. The van der Waals surface area contributed by atoms with Crippen molar-refractivity contribution < 1.29 is 4.79 Å². The predicted octanol–water partition coefficient (Wildman–Crippen LogP) is 3.35. The van der Waals surface area contributed by atoms with Gasteiger partial charge in [-0.15, -0.1) is 0 Å². The van der Waals surface area contributed by atoms with E-state index in [4.69, 9.17) is 10.2 Å². The van der Waals surface area contributed by atoms with Gasteiger partial charge in [0.15, 0.2) is 0 Å². The number of benzene rings is 1. The first-order valence-electron chi connectivity index (χ1n) is 10.1. The first kappa shape index (κ1) is 20.8. The fourth-order valence-corrected chi connectivity index (χ4v) is 3.49. The molecule has 29 heavy (non-hydrogen) atoms. The summed E-state index contributed by atoms with van der Waals surface area (Å²) < 4.78 is 0. The molecule has 3 rings (SSSR count). The molecule has 0 aliphatic carbocycles. The Kier molecular flexibility index (Phi) is 6.50. The van der Waals surface area contributed by atoms with Crippen LogP contribution >= 0.6 is 0 Å². The van der Waals surface area contributed by atoms with E-state index in [1.807, 2.05) is 38.1 Å². The molecule has 1 atom stereocenters. The van der Waals surface area contributed by atoms with Crippen molar-refractivity contribution >= 4 is 11.7 Å². The van der Waals surface area contributed by atoms with Crippen molar-refractivity contribution in [1.82, 2.24) is 15.2 Å². The van der Waals surface area contributed by atoms with E-state index >= 15 is 0 Å². The zero-order chi connectivity index (χ0) is 20.9. The number of anilines is 1. The highest BCUT2D eigenvalue weighted by atomic mass is 16.2. The number of amides is 1. The molecule has 0 saturated carbocycles. The molecule has 6 heteroatoms. The van der Waals surface area contributed by atoms with Crippen molar-refractivity contribution in [1.29, 1.82) is 5.26 Å². The van der Waals surface area contributed by atoms with Crippen LogP contribution in [0.15, 0.2) is 42.5 Å². The van der Waals surface area contributed by atoms with Crippen LogP contribution in [0.1, 0.15) is 32.3 Å². The third kappa shape index (κ3) is 5.55. The first-order chi connectivity index (χ1) is 13.9. The molecular weight excluding hydrogens is 362 g/mol. The fourth-order valence-electron chi connectivity index (χ4n) is 3.49. The van der Waals surface area contributed by atoms with Crippen molar-refractivity contribution in [3.8, 4) is 17.3 Å². The van der Waals surface area contributed by atoms with Crippen LogP contribution in [-0.2, 0) is 4.79 Å². The zero-order valence-corrected chi connectivity index (χ0v) is 17.4. The van der Waals surface area contributed by atoms with Gasteiger partial charge in [0.25, 0.3) is 0 Å². The lowest BCUT2D eigenvalue weighted by Gasteiger charge is -2.28. The summed E-state index contributed by atoms with van der Waals surface area (Å²) in [6.45, 7) is 7.68. The average Bonchev–Trinajstić information content (AvgIpc) is 3.20. The molecular formula is C23H29N5O. The van der Waals surface area contributed by atoms with Gasteiger partial charge in [-0.1, -0.05) is 29.8 Å². The van der Waals surface area contributed by atoms with Crippen LogP contribution in [0.4, 0.5) is 5.82 Å². The van der Waals surface area contributed by atoms with E-state index in [1.54, 1.807) is 4.90 Å². The number of rotatable bonds is 7. The van der Waals surface area contributed by atoms with E-state index in [0.29, 0.717) is 13.1 Å². The minimum atomic E-state index is -0.307. The molecule has 2 N–H and O–H groups in total. The fraction of sp³-hybridized carbons (Fsp3) is 0.435. The molecule has 1 aromatic heterocycles. The highest BCUT2D eigenvalue weighted by molar-refractivity contribution is 5.79. The Morgan fingerprint density at radius 2 is 2.10 bits per heavy atom. The summed E-state index contributed by atoms with van der Waals surface area (Å²) in [6, 6.07) is 16.2. The standard InChI is InChI=1S/C23H29N5O/c1-17-7-4-8-18(13-17)20-10-5-11-21(27-20)25-16-23(2,3)26-15-22(29)28-12-6-9-19(28)14-24/h4-5,7-8,10-11,13,19,26H,6,9,12,15-16H2,1-3H3,(H,25,27)/t19-/m0/s1. The molecule has 0 unspecified atom stereocenters. The molecule has 0 bridgehead atoms. The van der Waals surface area contributed by atoms with E-state index in [0.717, 1.165) is 29.9 Å². The van der Waals surface area contributed by atoms with Crippen LogP contribution in [0.3, 0.4) is 0 Å². The maximum atomic E-state index is 12.4. The summed E-state index contributed by atoms with van der Waals surface area (Å²) in [7, 11) is 0. The van der Waals surface area contributed by atoms with E-state index in [9.17, 15) is 4.79 Å². The van der Waals surface area contributed by atoms with Crippen LogP contribution in [0.2, 0.25) is 0 Å². The number of hydrogen-bond acceptors (Lipinski definition) is 5. The van der Waals surface area contributed by atoms with Crippen LogP contribution in [-0.4, -0.2) is 47.0 Å². The van der Waals surface area contributed by atoms with Crippen LogP contribution < -0.4 is 10.6 Å². The minimum absolute atomic E-state index is 0.0123. The molecule has 152 valence electrons. The topological polar surface area (TPSA) is 81.0 Å². The quantitative estimate of drug-likeness (QED) is 0.756. The van der Waals surface area contributed by atoms with Gasteiger partial charge in [-0.05, 0) is 51.8 Å². The van der Waals surface area contributed by atoms with Crippen molar-refractivity contribution in [3.63, 3.8) is 0 Å². The van der Waals surface area contributed by atoms with Gasteiger partial charge >= 0.3 is 0 Å².